The Balaban J connectivity index is 0.00000162. The smallest absolute Gasteiger partial charge is 0.310 e. The molecular formula is C13H17Cl2NO2. The molecule has 100 valence electrons. The number of halogens is 2. The molecule has 0 aromatic heterocycles. The van der Waals surface area contributed by atoms with Crippen LogP contribution in [0.3, 0.4) is 0 Å². The number of benzene rings is 1. The number of nitrogens with one attached hydrogen (secondary N) is 1. The van der Waals surface area contributed by atoms with Gasteiger partial charge in [0.05, 0.1) is 5.41 Å². The van der Waals surface area contributed by atoms with Crippen molar-refractivity contribution < 1.29 is 9.90 Å². The number of carboxylic acids is 1. The lowest BCUT2D eigenvalue weighted by atomic mass is 9.74. The van der Waals surface area contributed by atoms with Gasteiger partial charge in [-0.1, -0.05) is 23.7 Å². The monoisotopic (exact) mass is 289 g/mol. The van der Waals surface area contributed by atoms with Crippen molar-refractivity contribution in [3.63, 3.8) is 0 Å². The normalized spacial score (nSPS) is 17.8. The largest absolute Gasteiger partial charge is 0.481 e. The summed E-state index contributed by atoms with van der Waals surface area (Å²) in [6, 6.07) is 7.45. The Kier molecular flexibility index (Phi) is 5.45. The van der Waals surface area contributed by atoms with Crippen LogP contribution in [-0.4, -0.2) is 24.2 Å². The zero-order valence-corrected chi connectivity index (χ0v) is 11.6. The van der Waals surface area contributed by atoms with E-state index < -0.39 is 11.4 Å². The molecule has 0 spiro atoms. The van der Waals surface area contributed by atoms with E-state index in [1.807, 2.05) is 24.3 Å². The van der Waals surface area contributed by atoms with Gasteiger partial charge in [0, 0.05) is 5.02 Å². The Labute approximate surface area is 118 Å². The lowest BCUT2D eigenvalue weighted by Crippen LogP contribution is -2.43. The molecule has 0 unspecified atom stereocenters. The third-order valence-corrected chi connectivity index (χ3v) is 3.72. The number of carbonyl (C=O) groups is 1. The van der Waals surface area contributed by atoms with E-state index in [9.17, 15) is 9.90 Å². The molecule has 1 aliphatic rings. The minimum atomic E-state index is -0.686. The van der Waals surface area contributed by atoms with E-state index in [0.717, 1.165) is 18.7 Å². The summed E-state index contributed by atoms with van der Waals surface area (Å²) in [5, 5.41) is 13.3. The highest BCUT2D eigenvalue weighted by atomic mass is 35.5. The van der Waals surface area contributed by atoms with Crippen molar-refractivity contribution in [3.8, 4) is 0 Å². The quantitative estimate of drug-likeness (QED) is 0.900. The zero-order chi connectivity index (χ0) is 12.3. The minimum absolute atomic E-state index is 0. The standard InChI is InChI=1S/C13H16ClNO2.ClH/c14-11-3-1-10(2-4-11)9-13(12(16)17)5-7-15-8-6-13;/h1-4,15H,5-9H2,(H,16,17);1H. The fourth-order valence-corrected chi connectivity index (χ4v) is 2.49. The van der Waals surface area contributed by atoms with Crippen molar-refractivity contribution in [2.75, 3.05) is 13.1 Å². The molecule has 18 heavy (non-hydrogen) atoms. The maximum Gasteiger partial charge on any atom is 0.310 e. The second kappa shape index (κ2) is 6.41. The van der Waals surface area contributed by atoms with Crippen LogP contribution in [-0.2, 0) is 11.2 Å². The molecule has 0 radical (unpaired) electrons. The summed E-state index contributed by atoms with van der Waals surface area (Å²) < 4.78 is 0. The van der Waals surface area contributed by atoms with Gasteiger partial charge in [0.1, 0.15) is 0 Å². The van der Waals surface area contributed by atoms with Crippen LogP contribution < -0.4 is 5.32 Å². The molecule has 1 aromatic rings. The van der Waals surface area contributed by atoms with E-state index in [4.69, 9.17) is 11.6 Å². The van der Waals surface area contributed by atoms with Crippen molar-refractivity contribution in [3.05, 3.63) is 34.9 Å². The molecule has 1 fully saturated rings. The van der Waals surface area contributed by atoms with Gasteiger partial charge < -0.3 is 10.4 Å². The summed E-state index contributed by atoms with van der Waals surface area (Å²) in [6.07, 6.45) is 1.96. The SMILES string of the molecule is Cl.O=C(O)C1(Cc2ccc(Cl)cc2)CCNCC1. The molecule has 0 aliphatic carbocycles. The van der Waals surface area contributed by atoms with Crippen molar-refractivity contribution >= 4 is 30.0 Å². The van der Waals surface area contributed by atoms with E-state index >= 15 is 0 Å². The van der Waals surface area contributed by atoms with E-state index in [1.54, 1.807) is 0 Å². The number of piperidine rings is 1. The van der Waals surface area contributed by atoms with Crippen LogP contribution in [0.1, 0.15) is 18.4 Å². The van der Waals surface area contributed by atoms with E-state index in [2.05, 4.69) is 5.32 Å². The summed E-state index contributed by atoms with van der Waals surface area (Å²) in [6.45, 7) is 1.56. The van der Waals surface area contributed by atoms with Crippen molar-refractivity contribution in [1.82, 2.24) is 5.32 Å². The fourth-order valence-electron chi connectivity index (χ4n) is 2.36. The average Bonchev–Trinajstić information content (AvgIpc) is 2.33. The van der Waals surface area contributed by atoms with Crippen LogP contribution in [0.25, 0.3) is 0 Å². The Bertz CT molecular complexity index is 400. The number of rotatable bonds is 3. The fraction of sp³-hybridized carbons (Fsp3) is 0.462. The van der Waals surface area contributed by atoms with Crippen molar-refractivity contribution in [1.29, 1.82) is 0 Å². The third-order valence-electron chi connectivity index (χ3n) is 3.47. The Morgan fingerprint density at radius 2 is 1.83 bits per heavy atom. The molecule has 2 N–H and O–H groups in total. The van der Waals surface area contributed by atoms with Crippen LogP contribution in [0, 0.1) is 5.41 Å². The van der Waals surface area contributed by atoms with Gasteiger partial charge in [-0.3, -0.25) is 4.79 Å². The molecule has 3 nitrogen and oxygen atoms in total. The first kappa shape index (κ1) is 15.3. The zero-order valence-electron chi connectivity index (χ0n) is 9.99. The van der Waals surface area contributed by atoms with E-state index in [0.29, 0.717) is 24.3 Å². The van der Waals surface area contributed by atoms with E-state index in [-0.39, 0.29) is 12.4 Å². The number of aliphatic carboxylic acids is 1. The highest BCUT2D eigenvalue weighted by Gasteiger charge is 2.39. The van der Waals surface area contributed by atoms with Gasteiger partial charge in [0.15, 0.2) is 0 Å². The van der Waals surface area contributed by atoms with Gasteiger partial charge in [-0.05, 0) is 50.0 Å². The van der Waals surface area contributed by atoms with Crippen LogP contribution in [0.5, 0.6) is 0 Å². The van der Waals surface area contributed by atoms with Crippen molar-refractivity contribution in [2.45, 2.75) is 19.3 Å². The Hall–Kier alpha value is -0.770. The number of hydrogen-bond donors (Lipinski definition) is 2. The minimum Gasteiger partial charge on any atom is -0.481 e. The molecule has 1 aliphatic heterocycles. The maximum absolute atomic E-state index is 11.5. The predicted octanol–water partition coefficient (Wildman–Crippen LogP) is 2.76. The summed E-state index contributed by atoms with van der Waals surface area (Å²) in [5.41, 5.74) is 0.428. The molecule has 1 heterocycles. The Morgan fingerprint density at radius 1 is 1.28 bits per heavy atom. The summed E-state index contributed by atoms with van der Waals surface area (Å²) in [5.74, 6) is -0.686. The lowest BCUT2D eigenvalue weighted by molar-refractivity contribution is -0.150. The van der Waals surface area contributed by atoms with Crippen LogP contribution >= 0.6 is 24.0 Å². The predicted molar refractivity (Wildman–Crippen MR) is 74.6 cm³/mol. The van der Waals surface area contributed by atoms with Gasteiger partial charge in [-0.15, -0.1) is 12.4 Å². The molecular weight excluding hydrogens is 273 g/mol. The van der Waals surface area contributed by atoms with Crippen LogP contribution in [0.15, 0.2) is 24.3 Å². The van der Waals surface area contributed by atoms with Crippen LogP contribution in [0.2, 0.25) is 5.02 Å². The molecule has 1 saturated heterocycles. The first-order valence-corrected chi connectivity index (χ1v) is 6.19. The molecule has 0 atom stereocenters. The molecule has 1 aromatic carbocycles. The highest BCUT2D eigenvalue weighted by Crippen LogP contribution is 2.33. The molecule has 0 bridgehead atoms. The Morgan fingerprint density at radius 3 is 2.33 bits per heavy atom. The third kappa shape index (κ3) is 3.37. The first-order chi connectivity index (χ1) is 8.12. The molecule has 2 rings (SSSR count). The second-order valence-electron chi connectivity index (χ2n) is 4.64. The number of carboxylic acid groups (broad SMARTS) is 1. The maximum atomic E-state index is 11.5. The molecule has 5 heteroatoms. The average molecular weight is 290 g/mol. The van der Waals surface area contributed by atoms with Gasteiger partial charge in [-0.2, -0.15) is 0 Å². The van der Waals surface area contributed by atoms with Gasteiger partial charge in [0.25, 0.3) is 0 Å². The molecule has 0 saturated carbocycles. The summed E-state index contributed by atoms with van der Waals surface area (Å²) in [4.78, 5) is 11.5. The topological polar surface area (TPSA) is 49.3 Å². The van der Waals surface area contributed by atoms with E-state index in [1.165, 1.54) is 0 Å². The second-order valence-corrected chi connectivity index (χ2v) is 5.08. The highest BCUT2D eigenvalue weighted by molar-refractivity contribution is 6.30. The van der Waals surface area contributed by atoms with Gasteiger partial charge >= 0.3 is 5.97 Å². The molecule has 0 amide bonds. The van der Waals surface area contributed by atoms with Gasteiger partial charge in [-0.25, -0.2) is 0 Å². The first-order valence-electron chi connectivity index (χ1n) is 5.81. The van der Waals surface area contributed by atoms with Crippen molar-refractivity contribution in [2.24, 2.45) is 5.41 Å². The van der Waals surface area contributed by atoms with Crippen LogP contribution in [0.4, 0.5) is 0 Å². The van der Waals surface area contributed by atoms with Gasteiger partial charge in [0.2, 0.25) is 0 Å². The number of hydrogen-bond acceptors (Lipinski definition) is 2. The summed E-state index contributed by atoms with van der Waals surface area (Å²) in [7, 11) is 0. The lowest BCUT2D eigenvalue weighted by Gasteiger charge is -2.33. The summed E-state index contributed by atoms with van der Waals surface area (Å²) >= 11 is 5.83.